The first kappa shape index (κ1) is 18.8. The van der Waals surface area contributed by atoms with Gasteiger partial charge in [-0.15, -0.1) is 0 Å². The van der Waals surface area contributed by atoms with Gasteiger partial charge in [0.15, 0.2) is 11.6 Å². The Morgan fingerprint density at radius 3 is 2.75 bits per heavy atom. The highest BCUT2D eigenvalue weighted by Gasteiger charge is 2.38. The predicted octanol–water partition coefficient (Wildman–Crippen LogP) is 3.14. The highest BCUT2D eigenvalue weighted by Crippen LogP contribution is 2.38. The van der Waals surface area contributed by atoms with Crippen LogP contribution in [0.2, 0.25) is 0 Å². The molecule has 0 radical (unpaired) electrons. The van der Waals surface area contributed by atoms with E-state index in [1.807, 2.05) is 20.8 Å². The summed E-state index contributed by atoms with van der Waals surface area (Å²) in [4.78, 5) is 7.97. The molecule has 4 rings (SSSR count). The Hall–Kier alpha value is -2.56. The minimum Gasteiger partial charge on any atom is -0.487 e. The van der Waals surface area contributed by atoms with Crippen molar-refractivity contribution in [3.63, 3.8) is 0 Å². The normalized spacial score (nSPS) is 21.8. The molecular weight excluding hydrogens is 377 g/mol. The summed E-state index contributed by atoms with van der Waals surface area (Å²) in [7, 11) is 0. The number of fused-ring (bicyclic) bond motifs is 4. The van der Waals surface area contributed by atoms with Crippen LogP contribution >= 0.6 is 0 Å². The third-order valence-corrected chi connectivity index (χ3v) is 4.81. The quantitative estimate of drug-likeness (QED) is 0.763. The SMILES string of the molecule is Cc1nn(C(C)C)c2c1OC[C@@H]1COC[C@H]1Nc1nc(ncc1C(F)(F)F)N2. The summed E-state index contributed by atoms with van der Waals surface area (Å²) < 4.78 is 53.5. The zero-order valence-electron chi connectivity index (χ0n) is 15.7. The Bertz CT molecular complexity index is 883. The standard InChI is InChI=1S/C17H21F3N6O2/c1-8(2)26-15-13(9(3)25-26)28-6-10-5-27-7-12(10)22-14-11(17(18,19)20)4-21-16(23-14)24-15/h4,8,10,12H,5-7H2,1-3H3,(H2,21,22,23,24)/t10-,12+/m0/s1. The van der Waals surface area contributed by atoms with Crippen molar-refractivity contribution in [2.45, 2.75) is 39.0 Å². The molecule has 11 heteroatoms. The lowest BCUT2D eigenvalue weighted by molar-refractivity contribution is -0.137. The largest absolute Gasteiger partial charge is 0.487 e. The van der Waals surface area contributed by atoms with Crippen molar-refractivity contribution in [1.82, 2.24) is 19.7 Å². The molecule has 4 heterocycles. The van der Waals surface area contributed by atoms with E-state index in [0.29, 0.717) is 23.9 Å². The minimum absolute atomic E-state index is 0.00159. The van der Waals surface area contributed by atoms with Crippen LogP contribution in [0.5, 0.6) is 5.75 Å². The van der Waals surface area contributed by atoms with Gasteiger partial charge >= 0.3 is 6.18 Å². The summed E-state index contributed by atoms with van der Waals surface area (Å²) in [6.45, 7) is 6.65. The molecule has 2 aromatic heterocycles. The van der Waals surface area contributed by atoms with Crippen LogP contribution in [0.4, 0.5) is 30.8 Å². The van der Waals surface area contributed by atoms with Crippen molar-refractivity contribution < 1.29 is 22.6 Å². The van der Waals surface area contributed by atoms with E-state index in [9.17, 15) is 13.2 Å². The third-order valence-electron chi connectivity index (χ3n) is 4.81. The fourth-order valence-corrected chi connectivity index (χ4v) is 3.35. The second kappa shape index (κ2) is 6.80. The number of aromatic nitrogens is 4. The Balaban J connectivity index is 1.84. The van der Waals surface area contributed by atoms with Gasteiger partial charge in [-0.1, -0.05) is 0 Å². The molecule has 2 N–H and O–H groups in total. The maximum atomic E-state index is 13.4. The van der Waals surface area contributed by atoms with Crippen molar-refractivity contribution in [1.29, 1.82) is 0 Å². The molecule has 2 aliphatic rings. The van der Waals surface area contributed by atoms with Crippen molar-refractivity contribution in [3.05, 3.63) is 17.5 Å². The molecule has 1 fully saturated rings. The fraction of sp³-hybridized carbons (Fsp3) is 0.588. The van der Waals surface area contributed by atoms with E-state index >= 15 is 0 Å². The highest BCUT2D eigenvalue weighted by molar-refractivity contribution is 5.62. The highest BCUT2D eigenvalue weighted by atomic mass is 19.4. The van der Waals surface area contributed by atoms with Crippen molar-refractivity contribution >= 4 is 17.6 Å². The van der Waals surface area contributed by atoms with E-state index in [1.165, 1.54) is 0 Å². The van der Waals surface area contributed by atoms with E-state index in [-0.39, 0.29) is 43.0 Å². The molecule has 0 unspecified atom stereocenters. The van der Waals surface area contributed by atoms with Gasteiger partial charge in [0.2, 0.25) is 5.95 Å². The summed E-state index contributed by atoms with van der Waals surface area (Å²) in [6.07, 6.45) is -3.79. The zero-order chi connectivity index (χ0) is 20.1. The maximum absolute atomic E-state index is 13.4. The van der Waals surface area contributed by atoms with Crippen LogP contribution in [0.15, 0.2) is 6.20 Å². The van der Waals surface area contributed by atoms with E-state index < -0.39 is 11.7 Å². The smallest absolute Gasteiger partial charge is 0.421 e. The van der Waals surface area contributed by atoms with Gasteiger partial charge in [0.25, 0.3) is 0 Å². The van der Waals surface area contributed by atoms with Crippen LogP contribution in [-0.2, 0) is 10.9 Å². The molecule has 0 amide bonds. The summed E-state index contributed by atoms with van der Waals surface area (Å²) in [5.41, 5.74) is -0.247. The number of aryl methyl sites for hydroxylation is 1. The van der Waals surface area contributed by atoms with Gasteiger partial charge in [-0.2, -0.15) is 23.3 Å². The van der Waals surface area contributed by atoms with Crippen LogP contribution < -0.4 is 15.4 Å². The van der Waals surface area contributed by atoms with Gasteiger partial charge in [0.1, 0.15) is 17.1 Å². The van der Waals surface area contributed by atoms with Crippen LogP contribution in [0.3, 0.4) is 0 Å². The molecule has 2 bridgehead atoms. The third kappa shape index (κ3) is 3.34. The second-order valence-corrected chi connectivity index (χ2v) is 7.24. The Kier molecular flexibility index (Phi) is 4.56. The first-order valence-electron chi connectivity index (χ1n) is 9.01. The van der Waals surface area contributed by atoms with Crippen molar-refractivity contribution in [3.8, 4) is 5.75 Å². The molecule has 152 valence electrons. The maximum Gasteiger partial charge on any atom is 0.421 e. The lowest BCUT2D eigenvalue weighted by Gasteiger charge is -2.21. The molecular formula is C17H21F3N6O2. The lowest BCUT2D eigenvalue weighted by atomic mass is 10.0. The molecule has 2 aromatic rings. The van der Waals surface area contributed by atoms with Gasteiger partial charge in [-0.3, -0.25) is 0 Å². The second-order valence-electron chi connectivity index (χ2n) is 7.24. The Labute approximate surface area is 159 Å². The summed E-state index contributed by atoms with van der Waals surface area (Å²) >= 11 is 0. The summed E-state index contributed by atoms with van der Waals surface area (Å²) in [5, 5.41) is 10.4. The number of nitrogens with one attached hydrogen (secondary N) is 2. The number of hydrogen-bond acceptors (Lipinski definition) is 7. The molecule has 0 saturated carbocycles. The van der Waals surface area contributed by atoms with Crippen molar-refractivity contribution in [2.24, 2.45) is 5.92 Å². The first-order valence-corrected chi connectivity index (χ1v) is 9.01. The van der Waals surface area contributed by atoms with E-state index in [2.05, 4.69) is 25.7 Å². The van der Waals surface area contributed by atoms with Crippen LogP contribution in [-0.4, -0.2) is 45.6 Å². The number of hydrogen-bond donors (Lipinski definition) is 2. The molecule has 0 aliphatic carbocycles. The average molecular weight is 398 g/mol. The van der Waals surface area contributed by atoms with Gasteiger partial charge in [-0.25, -0.2) is 9.67 Å². The molecule has 2 aliphatic heterocycles. The number of ether oxygens (including phenoxy) is 2. The molecule has 28 heavy (non-hydrogen) atoms. The molecule has 0 spiro atoms. The number of alkyl halides is 3. The predicted molar refractivity (Wildman–Crippen MR) is 94.9 cm³/mol. The lowest BCUT2D eigenvalue weighted by Crippen LogP contribution is -2.33. The molecule has 1 saturated heterocycles. The van der Waals surface area contributed by atoms with Crippen LogP contribution in [0, 0.1) is 12.8 Å². The van der Waals surface area contributed by atoms with Gasteiger partial charge in [0, 0.05) is 18.2 Å². The Morgan fingerprint density at radius 2 is 2.04 bits per heavy atom. The summed E-state index contributed by atoms with van der Waals surface area (Å²) in [5.74, 6) is 0.662. The molecule has 2 atom stereocenters. The van der Waals surface area contributed by atoms with E-state index in [0.717, 1.165) is 6.20 Å². The fourth-order valence-electron chi connectivity index (χ4n) is 3.35. The average Bonchev–Trinajstić information content (AvgIpc) is 3.16. The minimum atomic E-state index is -4.58. The van der Waals surface area contributed by atoms with Crippen molar-refractivity contribution in [2.75, 3.05) is 30.5 Å². The Morgan fingerprint density at radius 1 is 1.25 bits per heavy atom. The van der Waals surface area contributed by atoms with Gasteiger partial charge < -0.3 is 20.1 Å². The number of nitrogens with zero attached hydrogens (tertiary/aromatic N) is 4. The first-order chi connectivity index (χ1) is 13.2. The van der Waals surface area contributed by atoms with E-state index in [1.54, 1.807) is 4.68 Å². The zero-order valence-corrected chi connectivity index (χ0v) is 15.7. The number of rotatable bonds is 1. The number of anilines is 3. The molecule has 8 nitrogen and oxygen atoms in total. The van der Waals surface area contributed by atoms with E-state index in [4.69, 9.17) is 9.47 Å². The van der Waals surface area contributed by atoms with Gasteiger partial charge in [-0.05, 0) is 20.8 Å². The van der Waals surface area contributed by atoms with Gasteiger partial charge in [0.05, 0.1) is 25.9 Å². The van der Waals surface area contributed by atoms with Crippen LogP contribution in [0.1, 0.15) is 31.1 Å². The molecule has 0 aromatic carbocycles. The van der Waals surface area contributed by atoms with Crippen LogP contribution in [0.25, 0.3) is 0 Å². The summed E-state index contributed by atoms with van der Waals surface area (Å²) in [6, 6.07) is -0.357. The topological polar surface area (TPSA) is 86.1 Å². The monoisotopic (exact) mass is 398 g/mol. The number of halogens is 3.